The van der Waals surface area contributed by atoms with Gasteiger partial charge in [0.25, 0.3) is 0 Å². The molecule has 2 aromatic heterocycles. The molecule has 23 heavy (non-hydrogen) atoms. The van der Waals surface area contributed by atoms with Crippen molar-refractivity contribution < 1.29 is 9.53 Å². The predicted octanol–water partition coefficient (Wildman–Crippen LogP) is 2.45. The lowest BCUT2D eigenvalue weighted by atomic mass is 9.99. The molecule has 0 aromatic carbocycles. The summed E-state index contributed by atoms with van der Waals surface area (Å²) in [6.07, 6.45) is 6.81. The maximum absolute atomic E-state index is 12.1. The molecule has 1 fully saturated rings. The molecule has 1 aliphatic heterocycles. The van der Waals surface area contributed by atoms with Crippen LogP contribution in [0.4, 0.5) is 11.5 Å². The topological polar surface area (TPSA) is 76.1 Å². The Balaban J connectivity index is 1.51. The first kappa shape index (κ1) is 15.4. The number of hydrogen-bond donors (Lipinski definition) is 2. The third-order valence-corrected chi connectivity index (χ3v) is 3.85. The fourth-order valence-electron chi connectivity index (χ4n) is 2.47. The maximum Gasteiger partial charge on any atom is 0.228 e. The van der Waals surface area contributed by atoms with Crippen LogP contribution < -0.4 is 10.6 Å². The summed E-state index contributed by atoms with van der Waals surface area (Å²) in [6, 6.07) is 7.64. The van der Waals surface area contributed by atoms with Gasteiger partial charge in [0.1, 0.15) is 5.82 Å². The van der Waals surface area contributed by atoms with Crippen molar-refractivity contribution in [3.8, 4) is 0 Å². The van der Waals surface area contributed by atoms with E-state index in [4.69, 9.17) is 4.74 Å². The third kappa shape index (κ3) is 4.50. The first-order valence-electron chi connectivity index (χ1n) is 7.79. The van der Waals surface area contributed by atoms with Crippen LogP contribution in [0.2, 0.25) is 0 Å². The van der Waals surface area contributed by atoms with E-state index in [1.165, 1.54) is 0 Å². The minimum absolute atomic E-state index is 0.0232. The molecule has 0 atom stereocenters. The van der Waals surface area contributed by atoms with Gasteiger partial charge in [0.2, 0.25) is 5.91 Å². The van der Waals surface area contributed by atoms with Crippen molar-refractivity contribution in [1.29, 1.82) is 0 Å². The monoisotopic (exact) mass is 312 g/mol. The predicted molar refractivity (Wildman–Crippen MR) is 88.0 cm³/mol. The highest BCUT2D eigenvalue weighted by Crippen LogP contribution is 2.17. The standard InChI is InChI=1S/C17H20N4O2/c22-17(14-5-9-23-10-6-14)21-16-2-1-15(12-20-16)19-11-13-3-7-18-8-4-13/h1-4,7-8,12,14,19H,5-6,9-11H2,(H,20,21,22). The van der Waals surface area contributed by atoms with E-state index in [9.17, 15) is 4.79 Å². The zero-order valence-corrected chi connectivity index (χ0v) is 12.9. The number of nitrogens with one attached hydrogen (secondary N) is 2. The molecule has 1 aliphatic rings. The summed E-state index contributed by atoms with van der Waals surface area (Å²) in [5.41, 5.74) is 2.06. The maximum atomic E-state index is 12.1. The second-order valence-electron chi connectivity index (χ2n) is 5.52. The van der Waals surface area contributed by atoms with Crippen LogP contribution in [0.15, 0.2) is 42.9 Å². The Hall–Kier alpha value is -2.47. The van der Waals surface area contributed by atoms with Crippen molar-refractivity contribution in [2.45, 2.75) is 19.4 Å². The van der Waals surface area contributed by atoms with Crippen LogP contribution in [-0.2, 0) is 16.1 Å². The fourth-order valence-corrected chi connectivity index (χ4v) is 2.47. The molecule has 1 saturated heterocycles. The van der Waals surface area contributed by atoms with Gasteiger partial charge in [-0.05, 0) is 42.7 Å². The quantitative estimate of drug-likeness (QED) is 0.887. The first-order chi connectivity index (χ1) is 11.3. The van der Waals surface area contributed by atoms with E-state index in [2.05, 4.69) is 20.6 Å². The number of anilines is 2. The van der Waals surface area contributed by atoms with Gasteiger partial charge in [0.15, 0.2) is 0 Å². The van der Waals surface area contributed by atoms with Crippen LogP contribution >= 0.6 is 0 Å². The molecule has 0 bridgehead atoms. The van der Waals surface area contributed by atoms with Gasteiger partial charge in [-0.3, -0.25) is 9.78 Å². The van der Waals surface area contributed by atoms with Crippen molar-refractivity contribution in [1.82, 2.24) is 9.97 Å². The average molecular weight is 312 g/mol. The third-order valence-electron chi connectivity index (χ3n) is 3.85. The van der Waals surface area contributed by atoms with E-state index in [0.717, 1.165) is 24.1 Å². The molecule has 0 unspecified atom stereocenters. The van der Waals surface area contributed by atoms with Gasteiger partial charge in [0, 0.05) is 38.1 Å². The highest BCUT2D eigenvalue weighted by molar-refractivity contribution is 5.91. The van der Waals surface area contributed by atoms with Gasteiger partial charge in [0.05, 0.1) is 11.9 Å². The molecule has 6 heteroatoms. The van der Waals surface area contributed by atoms with Crippen molar-refractivity contribution >= 4 is 17.4 Å². The number of rotatable bonds is 5. The normalized spacial score (nSPS) is 15.1. The van der Waals surface area contributed by atoms with Gasteiger partial charge in [-0.2, -0.15) is 0 Å². The Morgan fingerprint density at radius 1 is 1.17 bits per heavy atom. The Labute approximate surface area is 135 Å². The zero-order valence-electron chi connectivity index (χ0n) is 12.9. The molecule has 0 aliphatic carbocycles. The number of amides is 1. The van der Waals surface area contributed by atoms with Crippen molar-refractivity contribution in [3.63, 3.8) is 0 Å². The lowest BCUT2D eigenvalue weighted by molar-refractivity contribution is -0.122. The highest BCUT2D eigenvalue weighted by Gasteiger charge is 2.21. The van der Waals surface area contributed by atoms with Gasteiger partial charge in [-0.25, -0.2) is 4.98 Å². The van der Waals surface area contributed by atoms with Gasteiger partial charge in [-0.15, -0.1) is 0 Å². The average Bonchev–Trinajstić information content (AvgIpc) is 2.63. The second kappa shape index (κ2) is 7.69. The number of carbonyl (C=O) groups excluding carboxylic acids is 1. The number of aromatic nitrogens is 2. The summed E-state index contributed by atoms with van der Waals surface area (Å²) in [5, 5.41) is 6.16. The van der Waals surface area contributed by atoms with Gasteiger partial charge < -0.3 is 15.4 Å². The lowest BCUT2D eigenvalue weighted by Gasteiger charge is -2.20. The number of carbonyl (C=O) groups is 1. The molecule has 2 aromatic rings. The Morgan fingerprint density at radius 3 is 2.65 bits per heavy atom. The summed E-state index contributed by atoms with van der Waals surface area (Å²) in [4.78, 5) is 20.4. The second-order valence-corrected chi connectivity index (χ2v) is 5.52. The molecule has 6 nitrogen and oxygen atoms in total. The highest BCUT2D eigenvalue weighted by atomic mass is 16.5. The van der Waals surface area contributed by atoms with E-state index in [0.29, 0.717) is 25.6 Å². The summed E-state index contributed by atoms with van der Waals surface area (Å²) in [7, 11) is 0. The van der Waals surface area contributed by atoms with Gasteiger partial charge >= 0.3 is 0 Å². The first-order valence-corrected chi connectivity index (χ1v) is 7.79. The SMILES string of the molecule is O=C(Nc1ccc(NCc2ccncc2)cn1)C1CCOCC1. The van der Waals surface area contributed by atoms with Crippen LogP contribution in [-0.4, -0.2) is 29.1 Å². The summed E-state index contributed by atoms with van der Waals surface area (Å²) < 4.78 is 5.27. The van der Waals surface area contributed by atoms with Crippen LogP contribution in [0, 0.1) is 5.92 Å². The number of hydrogen-bond acceptors (Lipinski definition) is 5. The molecule has 0 spiro atoms. The zero-order chi connectivity index (χ0) is 15.9. The Kier molecular flexibility index (Phi) is 5.16. The Morgan fingerprint density at radius 2 is 1.96 bits per heavy atom. The van der Waals surface area contributed by atoms with Crippen molar-refractivity contribution in [2.75, 3.05) is 23.8 Å². The largest absolute Gasteiger partial charge is 0.381 e. The van der Waals surface area contributed by atoms with Crippen LogP contribution in [0.5, 0.6) is 0 Å². The minimum Gasteiger partial charge on any atom is -0.381 e. The van der Waals surface area contributed by atoms with Crippen LogP contribution in [0.1, 0.15) is 18.4 Å². The molecule has 3 heterocycles. The Bertz CT molecular complexity index is 625. The molecule has 0 saturated carbocycles. The van der Waals surface area contributed by atoms with E-state index in [-0.39, 0.29) is 11.8 Å². The molecule has 120 valence electrons. The molecular formula is C17H20N4O2. The van der Waals surface area contributed by atoms with E-state index in [1.54, 1.807) is 18.6 Å². The van der Waals surface area contributed by atoms with E-state index >= 15 is 0 Å². The van der Waals surface area contributed by atoms with Crippen molar-refractivity contribution in [2.24, 2.45) is 5.92 Å². The van der Waals surface area contributed by atoms with Gasteiger partial charge in [-0.1, -0.05) is 0 Å². The summed E-state index contributed by atoms with van der Waals surface area (Å²) >= 11 is 0. The van der Waals surface area contributed by atoms with Crippen LogP contribution in [0.25, 0.3) is 0 Å². The molecular weight excluding hydrogens is 292 g/mol. The molecule has 3 rings (SSSR count). The lowest BCUT2D eigenvalue weighted by Crippen LogP contribution is -2.28. The van der Waals surface area contributed by atoms with Crippen LogP contribution in [0.3, 0.4) is 0 Å². The molecule has 0 radical (unpaired) electrons. The number of nitrogens with zero attached hydrogens (tertiary/aromatic N) is 2. The molecule has 2 N–H and O–H groups in total. The summed E-state index contributed by atoms with van der Waals surface area (Å²) in [6.45, 7) is 2.02. The van der Waals surface area contributed by atoms with E-state index < -0.39 is 0 Å². The molecule has 1 amide bonds. The smallest absolute Gasteiger partial charge is 0.228 e. The number of ether oxygens (including phenoxy) is 1. The van der Waals surface area contributed by atoms with Crippen molar-refractivity contribution in [3.05, 3.63) is 48.4 Å². The minimum atomic E-state index is 0.0232. The number of pyridine rings is 2. The fraction of sp³-hybridized carbons (Fsp3) is 0.353. The van der Waals surface area contributed by atoms with E-state index in [1.807, 2.05) is 24.3 Å². The summed E-state index contributed by atoms with van der Waals surface area (Å²) in [5.74, 6) is 0.629.